The van der Waals surface area contributed by atoms with Crippen LogP contribution in [0, 0.1) is 17.6 Å². The van der Waals surface area contributed by atoms with E-state index in [4.69, 9.17) is 4.52 Å². The third kappa shape index (κ3) is 4.69. The number of hydrogen-bond donors (Lipinski definition) is 1. The Morgan fingerprint density at radius 1 is 1.14 bits per heavy atom. The van der Waals surface area contributed by atoms with Gasteiger partial charge in [-0.3, -0.25) is 9.69 Å². The summed E-state index contributed by atoms with van der Waals surface area (Å²) in [6, 6.07) is 2.57. The molecule has 1 saturated heterocycles. The largest absolute Gasteiger partial charge is 0.354 e. The Morgan fingerprint density at radius 3 is 2.52 bits per heavy atom. The summed E-state index contributed by atoms with van der Waals surface area (Å²) in [6.07, 6.45) is 5.70. The third-order valence-electron chi connectivity index (χ3n) is 6.27. The average Bonchev–Trinajstić information content (AvgIpc) is 3.10. The van der Waals surface area contributed by atoms with Crippen LogP contribution in [0.1, 0.15) is 39.0 Å². The molecule has 1 aromatic carbocycles. The first-order valence-corrected chi connectivity index (χ1v) is 10.5. The minimum atomic E-state index is -0.920. The summed E-state index contributed by atoms with van der Waals surface area (Å²) in [7, 11) is 0. The normalized spacial score (nSPS) is 23.5. The smallest absolute Gasteiger partial charge is 0.217 e. The van der Waals surface area contributed by atoms with Crippen molar-refractivity contribution < 1.29 is 18.1 Å². The number of aromatic nitrogens is 1. The summed E-state index contributed by atoms with van der Waals surface area (Å²) in [5.74, 6) is -0.408. The van der Waals surface area contributed by atoms with Gasteiger partial charge in [0.15, 0.2) is 23.0 Å². The first-order valence-electron chi connectivity index (χ1n) is 10.5. The van der Waals surface area contributed by atoms with Gasteiger partial charge in [0.1, 0.15) is 0 Å². The maximum atomic E-state index is 13.6. The summed E-state index contributed by atoms with van der Waals surface area (Å²) < 4.78 is 32.2. The molecule has 0 spiro atoms. The van der Waals surface area contributed by atoms with Crippen molar-refractivity contribution in [2.75, 3.05) is 37.6 Å². The van der Waals surface area contributed by atoms with Crippen molar-refractivity contribution in [3.63, 3.8) is 0 Å². The molecule has 4 rings (SSSR count). The van der Waals surface area contributed by atoms with Gasteiger partial charge in [-0.2, -0.15) is 0 Å². The topological polar surface area (TPSA) is 61.6 Å². The Bertz CT molecular complexity index is 856. The Labute approximate surface area is 169 Å². The second-order valence-corrected chi connectivity index (χ2v) is 8.30. The SMILES string of the molecule is CC(=O)N[C@H]1CC[C@H](CCN2CCN(c3noc4cc(F)c(F)cc34)CC2)CC1. The number of fused-ring (bicyclic) bond motifs is 1. The van der Waals surface area contributed by atoms with E-state index in [0.29, 0.717) is 17.2 Å². The van der Waals surface area contributed by atoms with Gasteiger partial charge in [-0.05, 0) is 50.6 Å². The molecule has 2 aromatic rings. The lowest BCUT2D eigenvalue weighted by molar-refractivity contribution is -0.119. The minimum Gasteiger partial charge on any atom is -0.354 e. The van der Waals surface area contributed by atoms with Gasteiger partial charge in [-0.25, -0.2) is 8.78 Å². The van der Waals surface area contributed by atoms with Gasteiger partial charge in [0, 0.05) is 45.2 Å². The van der Waals surface area contributed by atoms with E-state index in [2.05, 4.69) is 20.3 Å². The van der Waals surface area contributed by atoms with Crippen LogP contribution >= 0.6 is 0 Å². The molecule has 1 amide bonds. The maximum absolute atomic E-state index is 13.6. The van der Waals surface area contributed by atoms with Gasteiger partial charge in [0.2, 0.25) is 5.91 Å². The van der Waals surface area contributed by atoms with Gasteiger partial charge < -0.3 is 14.7 Å². The van der Waals surface area contributed by atoms with Gasteiger partial charge in [0.05, 0.1) is 5.39 Å². The van der Waals surface area contributed by atoms with E-state index < -0.39 is 11.6 Å². The van der Waals surface area contributed by atoms with Crippen molar-refractivity contribution in [2.45, 2.75) is 45.1 Å². The minimum absolute atomic E-state index is 0.0686. The van der Waals surface area contributed by atoms with E-state index in [9.17, 15) is 13.6 Å². The molecule has 0 radical (unpaired) electrons. The van der Waals surface area contributed by atoms with Crippen LogP contribution in [0.4, 0.5) is 14.6 Å². The zero-order chi connectivity index (χ0) is 20.4. The van der Waals surface area contributed by atoms with Crippen LogP contribution in [0.5, 0.6) is 0 Å². The first kappa shape index (κ1) is 20.1. The highest BCUT2D eigenvalue weighted by molar-refractivity contribution is 5.88. The molecule has 1 aliphatic carbocycles. The molecule has 0 bridgehead atoms. The molecule has 8 heteroatoms. The lowest BCUT2D eigenvalue weighted by Gasteiger charge is -2.36. The first-order chi connectivity index (χ1) is 14.0. The predicted molar refractivity (Wildman–Crippen MR) is 107 cm³/mol. The lowest BCUT2D eigenvalue weighted by atomic mass is 9.84. The maximum Gasteiger partial charge on any atom is 0.217 e. The lowest BCUT2D eigenvalue weighted by Crippen LogP contribution is -2.47. The number of nitrogens with one attached hydrogen (secondary N) is 1. The van der Waals surface area contributed by atoms with E-state index in [1.165, 1.54) is 25.3 Å². The molecule has 1 saturated carbocycles. The van der Waals surface area contributed by atoms with E-state index in [1.54, 1.807) is 6.92 Å². The quantitative estimate of drug-likeness (QED) is 0.826. The van der Waals surface area contributed by atoms with E-state index >= 15 is 0 Å². The molecule has 1 N–H and O–H groups in total. The molecule has 0 unspecified atom stereocenters. The molecule has 6 nitrogen and oxygen atoms in total. The number of hydrogen-bond acceptors (Lipinski definition) is 5. The zero-order valence-corrected chi connectivity index (χ0v) is 16.8. The Balaban J connectivity index is 1.24. The van der Waals surface area contributed by atoms with Crippen molar-refractivity contribution in [1.29, 1.82) is 0 Å². The molecule has 0 atom stereocenters. The number of piperazine rings is 1. The highest BCUT2D eigenvalue weighted by Crippen LogP contribution is 2.30. The van der Waals surface area contributed by atoms with Gasteiger partial charge >= 0.3 is 0 Å². The van der Waals surface area contributed by atoms with Crippen LogP contribution in [-0.4, -0.2) is 54.7 Å². The Hall–Kier alpha value is -2.22. The van der Waals surface area contributed by atoms with Crippen molar-refractivity contribution in [2.24, 2.45) is 5.92 Å². The summed E-state index contributed by atoms with van der Waals surface area (Å²) in [6.45, 7) is 6.06. The summed E-state index contributed by atoms with van der Waals surface area (Å²) in [4.78, 5) is 15.7. The standard InChI is InChI=1S/C21H28F2N4O2/c1-14(28)24-16-4-2-15(3-5-16)6-7-26-8-10-27(11-9-26)21-17-12-18(22)19(23)13-20(17)29-25-21/h12-13,15-16H,2-11H2,1H3,(H,24,28)/t15-,16-. The number of halogens is 2. The van der Waals surface area contributed by atoms with Crippen LogP contribution in [0.25, 0.3) is 11.0 Å². The van der Waals surface area contributed by atoms with Gasteiger partial charge in [-0.1, -0.05) is 5.16 Å². The fourth-order valence-corrected chi connectivity index (χ4v) is 4.58. The van der Waals surface area contributed by atoms with Crippen LogP contribution < -0.4 is 10.2 Å². The molecule has 2 fully saturated rings. The Kier molecular flexibility index (Phi) is 5.99. The molecule has 2 aliphatic rings. The highest BCUT2D eigenvalue weighted by atomic mass is 19.2. The van der Waals surface area contributed by atoms with E-state index in [1.807, 2.05) is 0 Å². The van der Waals surface area contributed by atoms with Crippen LogP contribution in [0.15, 0.2) is 16.7 Å². The predicted octanol–water partition coefficient (Wildman–Crippen LogP) is 3.31. The Morgan fingerprint density at radius 2 is 1.83 bits per heavy atom. The van der Waals surface area contributed by atoms with E-state index in [0.717, 1.165) is 57.5 Å². The zero-order valence-electron chi connectivity index (χ0n) is 16.8. The van der Waals surface area contributed by atoms with Gasteiger partial charge in [0.25, 0.3) is 0 Å². The van der Waals surface area contributed by atoms with Crippen molar-refractivity contribution in [3.05, 3.63) is 23.8 Å². The number of rotatable bonds is 5. The number of anilines is 1. The molecule has 1 aliphatic heterocycles. The van der Waals surface area contributed by atoms with E-state index in [-0.39, 0.29) is 11.5 Å². The number of carbonyl (C=O) groups is 1. The van der Waals surface area contributed by atoms with Crippen molar-refractivity contribution in [1.82, 2.24) is 15.4 Å². The summed E-state index contributed by atoms with van der Waals surface area (Å²) in [5, 5.41) is 7.60. The third-order valence-corrected chi connectivity index (χ3v) is 6.27. The monoisotopic (exact) mass is 406 g/mol. The molecule has 158 valence electrons. The van der Waals surface area contributed by atoms with Crippen LogP contribution in [0.3, 0.4) is 0 Å². The molecular weight excluding hydrogens is 378 g/mol. The average molecular weight is 406 g/mol. The highest BCUT2D eigenvalue weighted by Gasteiger charge is 2.25. The molecular formula is C21H28F2N4O2. The summed E-state index contributed by atoms with van der Waals surface area (Å²) in [5.41, 5.74) is 0.274. The molecule has 2 heterocycles. The van der Waals surface area contributed by atoms with Crippen LogP contribution in [0.2, 0.25) is 0 Å². The molecule has 29 heavy (non-hydrogen) atoms. The molecule has 1 aromatic heterocycles. The summed E-state index contributed by atoms with van der Waals surface area (Å²) >= 11 is 0. The fraction of sp³-hybridized carbons (Fsp3) is 0.619. The number of carbonyl (C=O) groups excluding carboxylic acids is 1. The van der Waals surface area contributed by atoms with Crippen molar-refractivity contribution >= 4 is 22.7 Å². The van der Waals surface area contributed by atoms with Crippen LogP contribution in [-0.2, 0) is 4.79 Å². The number of benzene rings is 1. The van der Waals surface area contributed by atoms with Gasteiger partial charge in [-0.15, -0.1) is 0 Å². The van der Waals surface area contributed by atoms with Crippen molar-refractivity contribution in [3.8, 4) is 0 Å². The number of amides is 1. The second-order valence-electron chi connectivity index (χ2n) is 8.30. The fourth-order valence-electron chi connectivity index (χ4n) is 4.58. The number of nitrogens with zero attached hydrogens (tertiary/aromatic N) is 3. The second kappa shape index (κ2) is 8.65.